The van der Waals surface area contributed by atoms with Gasteiger partial charge in [-0.05, 0) is 24.3 Å². The molecule has 1 saturated heterocycles. The maximum Gasteiger partial charge on any atom is 0.339 e. The van der Waals surface area contributed by atoms with Gasteiger partial charge < -0.3 is 19.3 Å². The smallest absolute Gasteiger partial charge is 0.339 e. The van der Waals surface area contributed by atoms with Crippen LogP contribution in [0.2, 0.25) is 0 Å². The molecular weight excluding hydrogens is 452 g/mol. The van der Waals surface area contributed by atoms with Crippen LogP contribution in [0.4, 0.5) is 5.69 Å². The Labute approximate surface area is 205 Å². The molecule has 1 aliphatic heterocycles. The highest BCUT2D eigenvalue weighted by Crippen LogP contribution is 2.29. The van der Waals surface area contributed by atoms with Gasteiger partial charge in [0.25, 0.3) is 0 Å². The lowest BCUT2D eigenvalue weighted by atomic mass is 9.91. The molecule has 0 atom stereocenters. The van der Waals surface area contributed by atoms with E-state index in [4.69, 9.17) is 9.47 Å². The van der Waals surface area contributed by atoms with Crippen LogP contribution in [0, 0.1) is 5.41 Å². The normalized spacial score (nSPS) is 14.0. The first kappa shape index (κ1) is 25.6. The second-order valence-electron chi connectivity index (χ2n) is 9.07. The van der Waals surface area contributed by atoms with Gasteiger partial charge in [0.05, 0.1) is 24.1 Å². The fraction of sp³-hybridized carbons (Fsp3) is 0.423. The van der Waals surface area contributed by atoms with Crippen LogP contribution in [0.5, 0.6) is 5.75 Å². The third kappa shape index (κ3) is 6.53. The van der Waals surface area contributed by atoms with Crippen molar-refractivity contribution in [3.63, 3.8) is 0 Å². The van der Waals surface area contributed by atoms with Crippen LogP contribution in [0.1, 0.15) is 31.1 Å². The van der Waals surface area contributed by atoms with E-state index in [1.54, 1.807) is 46.1 Å². The molecule has 1 heterocycles. The van der Waals surface area contributed by atoms with Crippen molar-refractivity contribution in [1.29, 1.82) is 0 Å². The number of hydrogen-bond donors (Lipinski definition) is 0. The molecule has 0 spiro atoms. The molecule has 2 aromatic carbocycles. The highest BCUT2D eigenvalue weighted by molar-refractivity contribution is 8.00. The Hall–Kier alpha value is -3.00. The molecule has 8 heteroatoms. The number of carbonyl (C=O) groups is 3. The van der Waals surface area contributed by atoms with Crippen LogP contribution in [-0.4, -0.2) is 68.2 Å². The third-order valence-electron chi connectivity index (χ3n) is 5.69. The minimum absolute atomic E-state index is 0.0238. The number of piperazine rings is 1. The van der Waals surface area contributed by atoms with Crippen molar-refractivity contribution >= 4 is 35.1 Å². The predicted molar refractivity (Wildman–Crippen MR) is 134 cm³/mol. The Morgan fingerprint density at radius 3 is 2.26 bits per heavy atom. The molecule has 3 rings (SSSR count). The maximum atomic E-state index is 12.8. The molecule has 34 heavy (non-hydrogen) atoms. The summed E-state index contributed by atoms with van der Waals surface area (Å²) >= 11 is 1.31. The number of ether oxygens (including phenoxy) is 2. The highest BCUT2D eigenvalue weighted by atomic mass is 32.2. The minimum Gasteiger partial charge on any atom is -0.495 e. The first-order chi connectivity index (χ1) is 16.2. The van der Waals surface area contributed by atoms with Crippen LogP contribution in [-0.2, 0) is 14.3 Å². The second-order valence-corrected chi connectivity index (χ2v) is 10.1. The Kier molecular flexibility index (Phi) is 8.61. The molecular formula is C26H32N2O5S. The van der Waals surface area contributed by atoms with Gasteiger partial charge in [-0.3, -0.25) is 9.59 Å². The van der Waals surface area contributed by atoms with E-state index in [9.17, 15) is 14.4 Å². The van der Waals surface area contributed by atoms with E-state index in [1.165, 1.54) is 11.8 Å². The lowest BCUT2D eigenvalue weighted by molar-refractivity contribution is -0.129. The number of carbonyl (C=O) groups excluding carboxylic acids is 3. The van der Waals surface area contributed by atoms with Gasteiger partial charge >= 0.3 is 5.97 Å². The lowest BCUT2D eigenvalue weighted by Crippen LogP contribution is -2.49. The predicted octanol–water partition coefficient (Wildman–Crippen LogP) is 3.91. The van der Waals surface area contributed by atoms with Crippen molar-refractivity contribution < 1.29 is 23.9 Å². The molecule has 0 radical (unpaired) electrons. The average molecular weight is 485 g/mol. The van der Waals surface area contributed by atoms with Crippen molar-refractivity contribution in [2.45, 2.75) is 25.7 Å². The SMILES string of the molecule is COc1ccccc1N1CCN(C(=O)CSc2ccccc2C(=O)OCC(=O)C(C)(C)C)CC1. The van der Waals surface area contributed by atoms with Crippen molar-refractivity contribution in [2.24, 2.45) is 5.41 Å². The summed E-state index contributed by atoms with van der Waals surface area (Å²) in [5.41, 5.74) is 0.822. The largest absolute Gasteiger partial charge is 0.495 e. The van der Waals surface area contributed by atoms with E-state index in [0.29, 0.717) is 23.5 Å². The first-order valence-corrected chi connectivity index (χ1v) is 12.3. The van der Waals surface area contributed by atoms with Gasteiger partial charge in [-0.2, -0.15) is 0 Å². The number of para-hydroxylation sites is 2. The Bertz CT molecular complexity index is 1030. The number of rotatable bonds is 8. The zero-order valence-corrected chi connectivity index (χ0v) is 21.0. The molecule has 2 aromatic rings. The third-order valence-corrected chi connectivity index (χ3v) is 6.75. The summed E-state index contributed by atoms with van der Waals surface area (Å²) in [5, 5.41) is 0. The van der Waals surface area contributed by atoms with E-state index in [-0.39, 0.29) is 24.1 Å². The van der Waals surface area contributed by atoms with Crippen molar-refractivity contribution in [1.82, 2.24) is 4.90 Å². The van der Waals surface area contributed by atoms with E-state index in [2.05, 4.69) is 4.90 Å². The number of anilines is 1. The molecule has 0 unspecified atom stereocenters. The van der Waals surface area contributed by atoms with Crippen molar-refractivity contribution in [2.75, 3.05) is 50.5 Å². The van der Waals surface area contributed by atoms with Crippen molar-refractivity contribution in [3.05, 3.63) is 54.1 Å². The zero-order valence-electron chi connectivity index (χ0n) is 20.2. The second kappa shape index (κ2) is 11.4. The monoisotopic (exact) mass is 484 g/mol. The fourth-order valence-corrected chi connectivity index (χ4v) is 4.45. The maximum absolute atomic E-state index is 12.8. The quantitative estimate of drug-likeness (QED) is 0.415. The van der Waals surface area contributed by atoms with Crippen LogP contribution in [0.15, 0.2) is 53.4 Å². The minimum atomic E-state index is -0.573. The molecule has 1 amide bonds. The molecule has 182 valence electrons. The topological polar surface area (TPSA) is 76.2 Å². The summed E-state index contributed by atoms with van der Waals surface area (Å²) in [7, 11) is 1.66. The first-order valence-electron chi connectivity index (χ1n) is 11.3. The number of Topliss-reactive ketones (excluding diaryl/α,β-unsaturated/α-hetero) is 1. The Morgan fingerprint density at radius 1 is 0.941 bits per heavy atom. The summed E-state index contributed by atoms with van der Waals surface area (Å²) in [4.78, 5) is 42.2. The van der Waals surface area contributed by atoms with Gasteiger partial charge in [0, 0.05) is 36.5 Å². The summed E-state index contributed by atoms with van der Waals surface area (Å²) in [5.74, 6) is 0.369. The molecule has 0 aliphatic carbocycles. The van der Waals surface area contributed by atoms with Crippen LogP contribution < -0.4 is 9.64 Å². The van der Waals surface area contributed by atoms with Crippen molar-refractivity contribution in [3.8, 4) is 5.75 Å². The van der Waals surface area contributed by atoms with Gasteiger partial charge in [0.2, 0.25) is 5.91 Å². The van der Waals surface area contributed by atoms with E-state index >= 15 is 0 Å². The van der Waals surface area contributed by atoms with E-state index in [0.717, 1.165) is 24.5 Å². The highest BCUT2D eigenvalue weighted by Gasteiger charge is 2.25. The summed E-state index contributed by atoms with van der Waals surface area (Å²) < 4.78 is 10.7. The molecule has 0 aromatic heterocycles. The fourth-order valence-electron chi connectivity index (χ4n) is 3.51. The summed E-state index contributed by atoms with van der Waals surface area (Å²) in [6.45, 7) is 7.78. The number of nitrogens with zero attached hydrogens (tertiary/aromatic N) is 2. The average Bonchev–Trinajstić information content (AvgIpc) is 2.85. The Morgan fingerprint density at radius 2 is 1.59 bits per heavy atom. The number of methoxy groups -OCH3 is 1. The molecule has 0 bridgehead atoms. The summed E-state index contributed by atoms with van der Waals surface area (Å²) in [6, 6.07) is 14.9. The van der Waals surface area contributed by atoms with Gasteiger partial charge in [0.1, 0.15) is 5.75 Å². The van der Waals surface area contributed by atoms with Crippen LogP contribution in [0.3, 0.4) is 0 Å². The molecule has 1 aliphatic rings. The van der Waals surface area contributed by atoms with Gasteiger partial charge in [-0.1, -0.05) is 45.0 Å². The number of esters is 1. The zero-order chi connectivity index (χ0) is 24.7. The Balaban J connectivity index is 1.54. The standard InChI is InChI=1S/C26H32N2O5S/c1-26(2,3)23(29)17-33-25(31)19-9-5-8-12-22(19)34-18-24(30)28-15-13-27(14-16-28)20-10-6-7-11-21(20)32-4/h5-12H,13-18H2,1-4H3. The molecule has 7 nitrogen and oxygen atoms in total. The van der Waals surface area contributed by atoms with Gasteiger partial charge in [0.15, 0.2) is 12.4 Å². The van der Waals surface area contributed by atoms with Gasteiger partial charge in [-0.15, -0.1) is 11.8 Å². The van der Waals surface area contributed by atoms with Crippen LogP contribution >= 0.6 is 11.8 Å². The number of ketones is 1. The van der Waals surface area contributed by atoms with Crippen LogP contribution in [0.25, 0.3) is 0 Å². The number of thioether (sulfide) groups is 1. The number of benzene rings is 2. The van der Waals surface area contributed by atoms with E-state index < -0.39 is 11.4 Å². The number of amides is 1. The molecule has 0 N–H and O–H groups in total. The molecule has 1 fully saturated rings. The number of hydrogen-bond acceptors (Lipinski definition) is 7. The van der Waals surface area contributed by atoms with Gasteiger partial charge in [-0.25, -0.2) is 4.79 Å². The van der Waals surface area contributed by atoms with E-state index in [1.807, 2.05) is 35.2 Å². The molecule has 0 saturated carbocycles. The summed E-state index contributed by atoms with van der Waals surface area (Å²) in [6.07, 6.45) is 0. The lowest BCUT2D eigenvalue weighted by Gasteiger charge is -2.36.